The fraction of sp³-hybridized carbons (Fsp3) is 0.364. The lowest BCUT2D eigenvalue weighted by Crippen LogP contribution is -2.19. The smallest absolute Gasteiger partial charge is 0.269 e. The van der Waals surface area contributed by atoms with Crippen LogP contribution < -0.4 is 5.32 Å². The molecule has 0 aliphatic carbocycles. The summed E-state index contributed by atoms with van der Waals surface area (Å²) in [6.07, 6.45) is 0.430. The number of nitrogens with zero attached hydrogens (tertiary/aromatic N) is 2. The first-order valence-corrected chi connectivity index (χ1v) is 5.00. The van der Waals surface area contributed by atoms with Crippen molar-refractivity contribution in [2.24, 2.45) is 0 Å². The Balaban J connectivity index is 2.68. The van der Waals surface area contributed by atoms with Crippen molar-refractivity contribution in [3.8, 4) is 6.07 Å². The van der Waals surface area contributed by atoms with Crippen molar-refractivity contribution in [1.82, 2.24) is 5.32 Å². The van der Waals surface area contributed by atoms with E-state index in [-0.39, 0.29) is 11.7 Å². The van der Waals surface area contributed by atoms with Gasteiger partial charge in [0.05, 0.1) is 11.0 Å². The van der Waals surface area contributed by atoms with Gasteiger partial charge in [0.2, 0.25) is 0 Å². The second kappa shape index (κ2) is 5.83. The van der Waals surface area contributed by atoms with E-state index in [0.29, 0.717) is 13.0 Å². The van der Waals surface area contributed by atoms with Gasteiger partial charge in [0, 0.05) is 31.1 Å². The maximum absolute atomic E-state index is 10.6. The summed E-state index contributed by atoms with van der Waals surface area (Å²) < 4.78 is 0. The van der Waals surface area contributed by atoms with Crippen LogP contribution in [0.15, 0.2) is 24.3 Å². The first-order chi connectivity index (χ1) is 7.65. The molecule has 0 aromatic heterocycles. The molecular formula is C11H13N3O2. The predicted octanol–water partition coefficient (Wildman–Crippen LogP) is 2.16. The summed E-state index contributed by atoms with van der Waals surface area (Å²) in [6.45, 7) is 2.50. The van der Waals surface area contributed by atoms with Gasteiger partial charge in [-0.15, -0.1) is 0 Å². The van der Waals surface area contributed by atoms with Gasteiger partial charge in [-0.3, -0.25) is 10.1 Å². The first-order valence-electron chi connectivity index (χ1n) is 5.00. The third-order valence-corrected chi connectivity index (χ3v) is 2.27. The molecule has 1 atom stereocenters. The Hall–Kier alpha value is -1.93. The van der Waals surface area contributed by atoms with Crippen LogP contribution in [0.5, 0.6) is 0 Å². The normalized spacial score (nSPS) is 11.8. The molecule has 0 aliphatic heterocycles. The number of benzene rings is 1. The van der Waals surface area contributed by atoms with Gasteiger partial charge in [0.25, 0.3) is 5.69 Å². The Labute approximate surface area is 93.9 Å². The summed E-state index contributed by atoms with van der Waals surface area (Å²) in [7, 11) is 0. The molecule has 0 aliphatic rings. The number of hydrogen-bond donors (Lipinski definition) is 1. The van der Waals surface area contributed by atoms with Gasteiger partial charge in [-0.2, -0.15) is 5.26 Å². The minimum atomic E-state index is -0.411. The third-order valence-electron chi connectivity index (χ3n) is 2.27. The fourth-order valence-corrected chi connectivity index (χ4v) is 1.37. The Morgan fingerprint density at radius 3 is 3.00 bits per heavy atom. The monoisotopic (exact) mass is 219 g/mol. The van der Waals surface area contributed by atoms with E-state index in [9.17, 15) is 10.1 Å². The van der Waals surface area contributed by atoms with Crippen LogP contribution in [0.4, 0.5) is 5.69 Å². The van der Waals surface area contributed by atoms with Gasteiger partial charge < -0.3 is 5.32 Å². The molecule has 84 valence electrons. The highest BCUT2D eigenvalue weighted by atomic mass is 16.6. The Morgan fingerprint density at radius 2 is 2.38 bits per heavy atom. The number of nitriles is 1. The topological polar surface area (TPSA) is 79.0 Å². The van der Waals surface area contributed by atoms with E-state index in [4.69, 9.17) is 5.26 Å². The average Bonchev–Trinajstić information content (AvgIpc) is 2.29. The van der Waals surface area contributed by atoms with E-state index in [1.807, 2.05) is 19.1 Å². The number of nitro groups is 1. The number of nitrogens with one attached hydrogen (secondary N) is 1. The second-order valence-electron chi connectivity index (χ2n) is 3.44. The number of rotatable bonds is 5. The number of nitro benzene ring substituents is 1. The first kappa shape index (κ1) is 12.1. The van der Waals surface area contributed by atoms with Crippen LogP contribution in [-0.2, 0) is 0 Å². The Bertz CT molecular complexity index is 412. The molecule has 1 N–H and O–H groups in total. The summed E-state index contributed by atoms with van der Waals surface area (Å²) >= 11 is 0. The molecule has 16 heavy (non-hydrogen) atoms. The molecule has 0 heterocycles. The lowest BCUT2D eigenvalue weighted by molar-refractivity contribution is -0.384. The quantitative estimate of drug-likeness (QED) is 0.467. The van der Waals surface area contributed by atoms with Gasteiger partial charge >= 0.3 is 0 Å². The summed E-state index contributed by atoms with van der Waals surface area (Å²) in [5.74, 6) is 0. The highest BCUT2D eigenvalue weighted by Crippen LogP contribution is 2.18. The van der Waals surface area contributed by atoms with Gasteiger partial charge in [0.1, 0.15) is 0 Å². The van der Waals surface area contributed by atoms with Crippen molar-refractivity contribution in [1.29, 1.82) is 5.26 Å². The lowest BCUT2D eigenvalue weighted by Gasteiger charge is -2.12. The largest absolute Gasteiger partial charge is 0.309 e. The molecule has 1 rings (SSSR count). The van der Waals surface area contributed by atoms with Gasteiger partial charge in [-0.05, 0) is 12.5 Å². The van der Waals surface area contributed by atoms with E-state index in [0.717, 1.165) is 5.56 Å². The molecule has 1 aromatic rings. The minimum absolute atomic E-state index is 0.00764. The number of hydrogen-bond acceptors (Lipinski definition) is 4. The van der Waals surface area contributed by atoms with Crippen molar-refractivity contribution >= 4 is 5.69 Å². The average molecular weight is 219 g/mol. The maximum Gasteiger partial charge on any atom is 0.269 e. The van der Waals surface area contributed by atoms with E-state index < -0.39 is 4.92 Å². The van der Waals surface area contributed by atoms with Crippen molar-refractivity contribution in [3.63, 3.8) is 0 Å². The summed E-state index contributed by atoms with van der Waals surface area (Å²) in [4.78, 5) is 10.2. The molecule has 0 saturated heterocycles. The van der Waals surface area contributed by atoms with Gasteiger partial charge in [-0.25, -0.2) is 0 Å². The van der Waals surface area contributed by atoms with Crippen LogP contribution in [0, 0.1) is 21.4 Å². The molecule has 0 saturated carbocycles. The minimum Gasteiger partial charge on any atom is -0.309 e. The highest BCUT2D eigenvalue weighted by molar-refractivity contribution is 5.35. The lowest BCUT2D eigenvalue weighted by atomic mass is 10.1. The van der Waals surface area contributed by atoms with Crippen LogP contribution in [-0.4, -0.2) is 11.5 Å². The zero-order chi connectivity index (χ0) is 12.0. The SMILES string of the molecule is CC(NCCC#N)c1cccc([N+](=O)[O-])c1. The van der Waals surface area contributed by atoms with Crippen molar-refractivity contribution in [2.75, 3.05) is 6.54 Å². The predicted molar refractivity (Wildman–Crippen MR) is 59.7 cm³/mol. The van der Waals surface area contributed by atoms with Gasteiger partial charge in [-0.1, -0.05) is 12.1 Å². The third kappa shape index (κ3) is 3.33. The molecular weight excluding hydrogens is 206 g/mol. The standard InChI is InChI=1S/C11H13N3O2/c1-9(13-7-3-6-12)10-4-2-5-11(8-10)14(15)16/h2,4-5,8-9,13H,3,7H2,1H3. The molecule has 0 fully saturated rings. The van der Waals surface area contributed by atoms with Crippen molar-refractivity contribution in [3.05, 3.63) is 39.9 Å². The maximum atomic E-state index is 10.6. The summed E-state index contributed by atoms with van der Waals surface area (Å²) in [5, 5.41) is 22.1. The van der Waals surface area contributed by atoms with E-state index in [1.54, 1.807) is 12.1 Å². The van der Waals surface area contributed by atoms with Crippen LogP contribution >= 0.6 is 0 Å². The Morgan fingerprint density at radius 1 is 1.62 bits per heavy atom. The molecule has 0 amide bonds. The molecule has 0 bridgehead atoms. The van der Waals surface area contributed by atoms with Gasteiger partial charge in [0.15, 0.2) is 0 Å². The van der Waals surface area contributed by atoms with Crippen molar-refractivity contribution < 1.29 is 4.92 Å². The van der Waals surface area contributed by atoms with Crippen LogP contribution in [0.3, 0.4) is 0 Å². The van der Waals surface area contributed by atoms with Crippen LogP contribution in [0.1, 0.15) is 24.9 Å². The van der Waals surface area contributed by atoms with Crippen molar-refractivity contribution in [2.45, 2.75) is 19.4 Å². The molecule has 0 spiro atoms. The van der Waals surface area contributed by atoms with E-state index in [2.05, 4.69) is 5.32 Å². The van der Waals surface area contributed by atoms with Crippen LogP contribution in [0.25, 0.3) is 0 Å². The molecule has 1 aromatic carbocycles. The number of non-ortho nitro benzene ring substituents is 1. The molecule has 5 nitrogen and oxygen atoms in total. The molecule has 0 radical (unpaired) electrons. The van der Waals surface area contributed by atoms with Crippen LogP contribution in [0.2, 0.25) is 0 Å². The van der Waals surface area contributed by atoms with E-state index >= 15 is 0 Å². The fourth-order valence-electron chi connectivity index (χ4n) is 1.37. The Kier molecular flexibility index (Phi) is 4.42. The summed E-state index contributed by atoms with van der Waals surface area (Å²) in [5.41, 5.74) is 0.943. The summed E-state index contributed by atoms with van der Waals surface area (Å²) in [6, 6.07) is 8.54. The zero-order valence-corrected chi connectivity index (χ0v) is 9.01. The second-order valence-corrected chi connectivity index (χ2v) is 3.44. The van der Waals surface area contributed by atoms with E-state index in [1.165, 1.54) is 6.07 Å². The molecule has 1 unspecified atom stereocenters. The molecule has 5 heteroatoms. The highest BCUT2D eigenvalue weighted by Gasteiger charge is 2.09. The zero-order valence-electron chi connectivity index (χ0n) is 9.01.